The fourth-order valence-electron chi connectivity index (χ4n) is 0.703. The van der Waals surface area contributed by atoms with Gasteiger partial charge in [0, 0.05) is 5.33 Å². The van der Waals surface area contributed by atoms with Crippen molar-refractivity contribution < 1.29 is 0 Å². The first kappa shape index (κ1) is 13.2. The van der Waals surface area contributed by atoms with Crippen LogP contribution in [0, 0.1) is 6.92 Å². The SMILES string of the molecule is C=C(C)CBr.C=Cc1ccc(C)cc1. The number of rotatable bonds is 2. The van der Waals surface area contributed by atoms with E-state index in [1.807, 2.05) is 13.0 Å². The van der Waals surface area contributed by atoms with Crippen molar-refractivity contribution in [1.82, 2.24) is 0 Å². The molecule has 1 heteroatoms. The standard InChI is InChI=1S/C9H10.C4H7Br/c1-3-9-6-4-8(2)5-7-9;1-4(2)3-5/h3-7H,1H2,2H3;1,3H2,2H3. The van der Waals surface area contributed by atoms with E-state index in [1.165, 1.54) is 16.7 Å². The summed E-state index contributed by atoms with van der Waals surface area (Å²) in [6, 6.07) is 8.28. The summed E-state index contributed by atoms with van der Waals surface area (Å²) >= 11 is 3.21. The van der Waals surface area contributed by atoms with Crippen molar-refractivity contribution >= 4 is 22.0 Å². The van der Waals surface area contributed by atoms with Crippen LogP contribution in [0.4, 0.5) is 0 Å². The maximum absolute atomic E-state index is 3.66. The van der Waals surface area contributed by atoms with Gasteiger partial charge in [-0.3, -0.25) is 0 Å². The quantitative estimate of drug-likeness (QED) is 0.534. The Balaban J connectivity index is 0.000000292. The van der Waals surface area contributed by atoms with E-state index in [4.69, 9.17) is 0 Å². The molecule has 0 radical (unpaired) electrons. The van der Waals surface area contributed by atoms with Gasteiger partial charge in [-0.15, -0.1) is 0 Å². The number of halogens is 1. The summed E-state index contributed by atoms with van der Waals surface area (Å²) < 4.78 is 0. The van der Waals surface area contributed by atoms with Crippen molar-refractivity contribution in [2.75, 3.05) is 5.33 Å². The zero-order valence-corrected chi connectivity index (χ0v) is 10.5. The Labute approximate surface area is 95.5 Å². The van der Waals surface area contributed by atoms with E-state index in [0.717, 1.165) is 5.33 Å². The van der Waals surface area contributed by atoms with Crippen LogP contribution in [-0.4, -0.2) is 5.33 Å². The highest BCUT2D eigenvalue weighted by Gasteiger charge is 1.82. The monoisotopic (exact) mass is 252 g/mol. The average Bonchev–Trinajstić information content (AvgIpc) is 2.20. The number of hydrogen-bond acceptors (Lipinski definition) is 0. The van der Waals surface area contributed by atoms with Crippen molar-refractivity contribution in [1.29, 1.82) is 0 Å². The maximum Gasteiger partial charge on any atom is 0.0236 e. The zero-order valence-electron chi connectivity index (χ0n) is 8.89. The number of benzene rings is 1. The van der Waals surface area contributed by atoms with Gasteiger partial charge in [-0.05, 0) is 19.4 Å². The van der Waals surface area contributed by atoms with Crippen molar-refractivity contribution in [3.63, 3.8) is 0 Å². The van der Waals surface area contributed by atoms with Crippen LogP contribution in [0.2, 0.25) is 0 Å². The lowest BCUT2D eigenvalue weighted by molar-refractivity contribution is 1.46. The molecule has 0 atom stereocenters. The van der Waals surface area contributed by atoms with E-state index in [2.05, 4.69) is 60.3 Å². The summed E-state index contributed by atoms with van der Waals surface area (Å²) in [6.45, 7) is 11.3. The molecule has 0 aliphatic heterocycles. The summed E-state index contributed by atoms with van der Waals surface area (Å²) in [5.74, 6) is 0. The lowest BCUT2D eigenvalue weighted by Gasteiger charge is -1.91. The molecule has 0 saturated heterocycles. The predicted molar refractivity (Wildman–Crippen MR) is 69.9 cm³/mol. The normalized spacial score (nSPS) is 8.50. The molecule has 1 aromatic carbocycles. The minimum atomic E-state index is 0.924. The number of aryl methyl sites for hydroxylation is 1. The van der Waals surface area contributed by atoms with Crippen LogP contribution in [-0.2, 0) is 0 Å². The zero-order chi connectivity index (χ0) is 11.0. The van der Waals surface area contributed by atoms with Gasteiger partial charge in [0.2, 0.25) is 0 Å². The van der Waals surface area contributed by atoms with Crippen molar-refractivity contribution in [2.24, 2.45) is 0 Å². The van der Waals surface area contributed by atoms with Crippen molar-refractivity contribution in [3.8, 4) is 0 Å². The Kier molecular flexibility index (Phi) is 7.13. The fourth-order valence-corrected chi connectivity index (χ4v) is 0.703. The Morgan fingerprint density at radius 1 is 1.36 bits per heavy atom. The van der Waals surface area contributed by atoms with Gasteiger partial charge in [-0.1, -0.05) is 70.6 Å². The van der Waals surface area contributed by atoms with Gasteiger partial charge < -0.3 is 0 Å². The van der Waals surface area contributed by atoms with Crippen LogP contribution in [0.1, 0.15) is 18.1 Å². The molecule has 14 heavy (non-hydrogen) atoms. The number of allylic oxidation sites excluding steroid dienone is 1. The molecule has 0 spiro atoms. The summed E-state index contributed by atoms with van der Waals surface area (Å²) in [6.07, 6.45) is 1.85. The first-order valence-electron chi connectivity index (χ1n) is 4.49. The smallest absolute Gasteiger partial charge is 0.0236 e. The van der Waals surface area contributed by atoms with Crippen LogP contribution in [0.15, 0.2) is 43.0 Å². The molecule has 0 fully saturated rings. The molecule has 0 bridgehead atoms. The van der Waals surface area contributed by atoms with E-state index in [1.54, 1.807) is 0 Å². The van der Waals surface area contributed by atoms with Crippen LogP contribution in [0.25, 0.3) is 6.08 Å². The van der Waals surface area contributed by atoms with E-state index in [0.29, 0.717) is 0 Å². The molecule has 0 saturated carbocycles. The third kappa shape index (κ3) is 6.67. The highest BCUT2D eigenvalue weighted by Crippen LogP contribution is 2.02. The predicted octanol–water partition coefficient (Wildman–Crippen LogP) is 4.60. The third-order valence-corrected chi connectivity index (χ3v) is 2.50. The van der Waals surface area contributed by atoms with Crippen LogP contribution in [0.3, 0.4) is 0 Å². The van der Waals surface area contributed by atoms with Gasteiger partial charge in [-0.25, -0.2) is 0 Å². The molecule has 1 aromatic rings. The first-order valence-corrected chi connectivity index (χ1v) is 5.61. The first-order chi connectivity index (χ1) is 6.60. The minimum absolute atomic E-state index is 0.924. The molecular weight excluding hydrogens is 236 g/mol. The summed E-state index contributed by atoms with van der Waals surface area (Å²) in [7, 11) is 0. The Morgan fingerprint density at radius 3 is 2.07 bits per heavy atom. The van der Waals surface area contributed by atoms with E-state index in [-0.39, 0.29) is 0 Å². The molecule has 0 nitrogen and oxygen atoms in total. The molecule has 0 amide bonds. The Bertz CT molecular complexity index is 283. The molecule has 0 aromatic heterocycles. The second-order valence-corrected chi connectivity index (χ2v) is 3.77. The van der Waals surface area contributed by atoms with Crippen molar-refractivity contribution in [2.45, 2.75) is 13.8 Å². The second-order valence-electron chi connectivity index (χ2n) is 3.21. The molecule has 1 rings (SSSR count). The number of hydrogen-bond donors (Lipinski definition) is 0. The lowest BCUT2D eigenvalue weighted by Crippen LogP contribution is -1.71. The molecule has 0 heterocycles. The topological polar surface area (TPSA) is 0 Å². The van der Waals surface area contributed by atoms with Crippen LogP contribution >= 0.6 is 15.9 Å². The molecule has 76 valence electrons. The number of alkyl halides is 1. The molecule has 0 aliphatic carbocycles. The second kappa shape index (κ2) is 7.57. The van der Waals surface area contributed by atoms with Gasteiger partial charge in [0.1, 0.15) is 0 Å². The lowest BCUT2D eigenvalue weighted by atomic mass is 10.2. The highest BCUT2D eigenvalue weighted by atomic mass is 79.9. The Hall–Kier alpha value is -0.820. The summed E-state index contributed by atoms with van der Waals surface area (Å²) in [4.78, 5) is 0. The van der Waals surface area contributed by atoms with Crippen LogP contribution in [0.5, 0.6) is 0 Å². The summed E-state index contributed by atoms with van der Waals surface area (Å²) in [5.41, 5.74) is 3.64. The van der Waals surface area contributed by atoms with Gasteiger partial charge in [-0.2, -0.15) is 0 Å². The highest BCUT2D eigenvalue weighted by molar-refractivity contribution is 9.09. The van der Waals surface area contributed by atoms with E-state index >= 15 is 0 Å². The fraction of sp³-hybridized carbons (Fsp3) is 0.231. The van der Waals surface area contributed by atoms with E-state index < -0.39 is 0 Å². The summed E-state index contributed by atoms with van der Waals surface area (Å²) in [5, 5.41) is 0.924. The molecule has 0 aliphatic rings. The van der Waals surface area contributed by atoms with Gasteiger partial charge >= 0.3 is 0 Å². The largest absolute Gasteiger partial charge is 0.0993 e. The van der Waals surface area contributed by atoms with Gasteiger partial charge in [0.25, 0.3) is 0 Å². The van der Waals surface area contributed by atoms with Crippen LogP contribution < -0.4 is 0 Å². The molecule has 0 N–H and O–H groups in total. The Morgan fingerprint density at radius 2 is 1.79 bits per heavy atom. The van der Waals surface area contributed by atoms with Gasteiger partial charge in [0.05, 0.1) is 0 Å². The molecule has 0 unspecified atom stereocenters. The molecular formula is C13H17Br. The van der Waals surface area contributed by atoms with Crippen molar-refractivity contribution in [3.05, 3.63) is 54.1 Å². The average molecular weight is 253 g/mol. The van der Waals surface area contributed by atoms with Gasteiger partial charge in [0.15, 0.2) is 0 Å². The third-order valence-electron chi connectivity index (χ3n) is 1.54. The maximum atomic E-state index is 3.66. The minimum Gasteiger partial charge on any atom is -0.0993 e. The van der Waals surface area contributed by atoms with E-state index in [9.17, 15) is 0 Å².